The van der Waals surface area contributed by atoms with Crippen molar-refractivity contribution >= 4 is 0 Å². The molecule has 146 valence electrons. The quantitative estimate of drug-likeness (QED) is 0.387. The van der Waals surface area contributed by atoms with Crippen molar-refractivity contribution in [2.75, 3.05) is 0 Å². The van der Waals surface area contributed by atoms with Gasteiger partial charge in [-0.15, -0.1) is 0 Å². The summed E-state index contributed by atoms with van der Waals surface area (Å²) in [6.07, 6.45) is 15.6. The molecule has 26 heavy (non-hydrogen) atoms. The molecule has 0 heterocycles. The molecule has 0 aromatic heterocycles. The largest absolute Gasteiger partial charge is 0.0998 e. The Morgan fingerprint density at radius 3 is 2.04 bits per heavy atom. The van der Waals surface area contributed by atoms with Gasteiger partial charge in [-0.25, -0.2) is 0 Å². The van der Waals surface area contributed by atoms with Crippen LogP contribution >= 0.6 is 0 Å². The second-order valence-corrected chi connectivity index (χ2v) is 10.2. The van der Waals surface area contributed by atoms with E-state index < -0.39 is 0 Å². The maximum Gasteiger partial charge on any atom is -0.0138 e. The summed E-state index contributed by atoms with van der Waals surface area (Å²) in [5, 5.41) is 0. The average molecular weight is 355 g/mol. The first-order valence-electron chi connectivity index (χ1n) is 10.8. The molecule has 0 nitrogen and oxygen atoms in total. The number of allylic oxidation sites excluding steroid dienone is 6. The van der Waals surface area contributed by atoms with Gasteiger partial charge in [-0.1, -0.05) is 89.6 Å². The highest BCUT2D eigenvalue weighted by Gasteiger charge is 2.37. The second-order valence-electron chi connectivity index (χ2n) is 10.2. The second kappa shape index (κ2) is 8.77. The zero-order valence-corrected chi connectivity index (χ0v) is 18.2. The van der Waals surface area contributed by atoms with Crippen LogP contribution < -0.4 is 0 Å². The molecule has 2 aliphatic carbocycles. The predicted octanol–water partition coefficient (Wildman–Crippen LogP) is 7.99. The van der Waals surface area contributed by atoms with Crippen molar-refractivity contribution in [2.24, 2.45) is 40.9 Å². The van der Waals surface area contributed by atoms with E-state index in [0.29, 0.717) is 23.2 Å². The molecule has 0 saturated heterocycles. The summed E-state index contributed by atoms with van der Waals surface area (Å²) >= 11 is 0. The third-order valence-electron chi connectivity index (χ3n) is 7.19. The van der Waals surface area contributed by atoms with Crippen LogP contribution in [-0.4, -0.2) is 0 Å². The molecular formula is C26H42. The van der Waals surface area contributed by atoms with Gasteiger partial charge in [-0.2, -0.15) is 0 Å². The molecule has 0 spiro atoms. The van der Waals surface area contributed by atoms with Crippen LogP contribution in [0.25, 0.3) is 0 Å². The van der Waals surface area contributed by atoms with Crippen molar-refractivity contribution < 1.29 is 0 Å². The fraction of sp³-hybridized carbons (Fsp3) is 0.692. The average Bonchev–Trinajstić information content (AvgIpc) is 2.99. The van der Waals surface area contributed by atoms with E-state index in [9.17, 15) is 0 Å². The summed E-state index contributed by atoms with van der Waals surface area (Å²) in [6.45, 7) is 23.1. The highest BCUT2D eigenvalue weighted by Crippen LogP contribution is 2.47. The molecule has 0 bridgehead atoms. The summed E-state index contributed by atoms with van der Waals surface area (Å²) in [6, 6.07) is 0. The zero-order valence-electron chi connectivity index (χ0n) is 18.2. The van der Waals surface area contributed by atoms with Crippen LogP contribution in [0.3, 0.4) is 0 Å². The van der Waals surface area contributed by atoms with E-state index in [1.165, 1.54) is 36.8 Å². The Hall–Kier alpha value is -1.04. The summed E-state index contributed by atoms with van der Waals surface area (Å²) in [5.74, 6) is 4.18. The summed E-state index contributed by atoms with van der Waals surface area (Å²) in [5.41, 5.74) is 3.12. The van der Waals surface area contributed by atoms with Gasteiger partial charge >= 0.3 is 0 Å². The molecule has 5 atom stereocenters. The van der Waals surface area contributed by atoms with Gasteiger partial charge in [0, 0.05) is 0 Å². The van der Waals surface area contributed by atoms with Gasteiger partial charge in [0.1, 0.15) is 0 Å². The Morgan fingerprint density at radius 1 is 1.08 bits per heavy atom. The van der Waals surface area contributed by atoms with Crippen LogP contribution in [0.5, 0.6) is 0 Å². The number of hydrogen-bond acceptors (Lipinski definition) is 0. The predicted molar refractivity (Wildman–Crippen MR) is 117 cm³/mol. The fourth-order valence-corrected chi connectivity index (χ4v) is 5.42. The van der Waals surface area contributed by atoms with Gasteiger partial charge in [0.2, 0.25) is 0 Å². The molecule has 0 heteroatoms. The van der Waals surface area contributed by atoms with Crippen molar-refractivity contribution in [1.82, 2.24) is 0 Å². The first-order chi connectivity index (χ1) is 12.1. The van der Waals surface area contributed by atoms with Crippen LogP contribution in [0.2, 0.25) is 0 Å². The van der Waals surface area contributed by atoms with Crippen LogP contribution in [0.1, 0.15) is 73.6 Å². The van der Waals surface area contributed by atoms with Crippen LogP contribution in [-0.2, 0) is 0 Å². The molecule has 0 N–H and O–H groups in total. The van der Waals surface area contributed by atoms with Crippen molar-refractivity contribution in [3.05, 3.63) is 48.6 Å². The topological polar surface area (TPSA) is 0 Å². The number of hydrogen-bond donors (Lipinski definition) is 0. The van der Waals surface area contributed by atoms with E-state index in [1.54, 1.807) is 0 Å². The van der Waals surface area contributed by atoms with Gasteiger partial charge in [-0.05, 0) is 73.5 Å². The van der Waals surface area contributed by atoms with Gasteiger partial charge in [0.25, 0.3) is 0 Å². The Kier molecular flexibility index (Phi) is 7.17. The van der Waals surface area contributed by atoms with E-state index in [4.69, 9.17) is 0 Å². The first kappa shape index (κ1) is 21.3. The lowest BCUT2D eigenvalue weighted by Crippen LogP contribution is -2.30. The normalized spacial score (nSPS) is 28.5. The Balaban J connectivity index is 2.06. The smallest absolute Gasteiger partial charge is 0.0138 e. The maximum absolute atomic E-state index is 4.59. The SMILES string of the molecule is C=C(CC(C(=C)C)C(CCC)C(C)(C)C)C(C)C1CC2C=CC=CC2C1. The number of fused-ring (bicyclic) bond motifs is 1. The standard InChI is InChI=1S/C26H42/c1-9-12-25(26(6,7)8)24(18(2)3)15-19(4)20(5)23-16-21-13-10-11-14-22(21)17-23/h10-11,13-14,20-25H,2,4,9,12,15-17H2,1,3,5-8H3. The monoisotopic (exact) mass is 354 g/mol. The molecule has 0 radical (unpaired) electrons. The highest BCUT2D eigenvalue weighted by molar-refractivity contribution is 5.19. The number of rotatable bonds is 8. The van der Waals surface area contributed by atoms with E-state index in [1.807, 2.05) is 0 Å². The first-order valence-corrected chi connectivity index (χ1v) is 10.8. The van der Waals surface area contributed by atoms with E-state index in [-0.39, 0.29) is 0 Å². The lowest BCUT2D eigenvalue weighted by molar-refractivity contribution is 0.160. The van der Waals surface area contributed by atoms with E-state index >= 15 is 0 Å². The fourth-order valence-electron chi connectivity index (χ4n) is 5.42. The molecule has 2 aliphatic rings. The van der Waals surface area contributed by atoms with Crippen molar-refractivity contribution in [2.45, 2.75) is 73.6 Å². The molecular weight excluding hydrogens is 312 g/mol. The molecule has 1 saturated carbocycles. The molecule has 0 amide bonds. The molecule has 0 aliphatic heterocycles. The van der Waals surface area contributed by atoms with Gasteiger partial charge in [0.15, 0.2) is 0 Å². The minimum absolute atomic E-state index is 0.320. The van der Waals surface area contributed by atoms with Crippen molar-refractivity contribution in [1.29, 1.82) is 0 Å². The third-order valence-corrected chi connectivity index (χ3v) is 7.19. The van der Waals surface area contributed by atoms with Crippen molar-refractivity contribution in [3.8, 4) is 0 Å². The maximum atomic E-state index is 4.59. The summed E-state index contributed by atoms with van der Waals surface area (Å²) in [4.78, 5) is 0. The lowest BCUT2D eigenvalue weighted by atomic mass is 9.66. The molecule has 2 rings (SSSR count). The van der Waals surface area contributed by atoms with Gasteiger partial charge in [0.05, 0.1) is 0 Å². The molecule has 1 fully saturated rings. The molecule has 0 aromatic carbocycles. The Labute approximate surface area is 163 Å². The minimum Gasteiger partial charge on any atom is -0.0998 e. The van der Waals surface area contributed by atoms with Crippen LogP contribution in [0, 0.1) is 40.9 Å². The van der Waals surface area contributed by atoms with Gasteiger partial charge < -0.3 is 0 Å². The van der Waals surface area contributed by atoms with Crippen LogP contribution in [0.15, 0.2) is 48.6 Å². The Bertz CT molecular complexity index is 533. The summed E-state index contributed by atoms with van der Waals surface area (Å²) in [7, 11) is 0. The summed E-state index contributed by atoms with van der Waals surface area (Å²) < 4.78 is 0. The molecule has 0 aromatic rings. The molecule has 5 unspecified atom stereocenters. The minimum atomic E-state index is 0.320. The Morgan fingerprint density at radius 2 is 1.62 bits per heavy atom. The lowest BCUT2D eigenvalue weighted by Gasteiger charge is -2.39. The third kappa shape index (κ3) is 5.02. The van der Waals surface area contributed by atoms with Gasteiger partial charge in [-0.3, -0.25) is 0 Å². The van der Waals surface area contributed by atoms with Crippen molar-refractivity contribution in [3.63, 3.8) is 0 Å². The zero-order chi connectivity index (χ0) is 19.5. The van der Waals surface area contributed by atoms with Crippen LogP contribution in [0.4, 0.5) is 0 Å². The highest BCUT2D eigenvalue weighted by atomic mass is 14.4. The van der Waals surface area contributed by atoms with E-state index in [2.05, 4.69) is 79.0 Å². The van der Waals surface area contributed by atoms with E-state index in [0.717, 1.165) is 24.2 Å².